The molecule has 0 aromatic heterocycles. The topological polar surface area (TPSA) is 57.5 Å². The van der Waals surface area contributed by atoms with Crippen LogP contribution in [0.1, 0.15) is 14.3 Å². The van der Waals surface area contributed by atoms with Gasteiger partial charge in [0.1, 0.15) is 0 Å². The van der Waals surface area contributed by atoms with Gasteiger partial charge in [0.15, 0.2) is 0 Å². The summed E-state index contributed by atoms with van der Waals surface area (Å²) in [6.07, 6.45) is 0. The van der Waals surface area contributed by atoms with Crippen LogP contribution in [0.15, 0.2) is 30.3 Å². The van der Waals surface area contributed by atoms with Crippen LogP contribution in [0.25, 0.3) is 0 Å². The number of benzene rings is 1. The molecule has 13 heavy (non-hydrogen) atoms. The van der Waals surface area contributed by atoms with Crippen molar-refractivity contribution in [1.82, 2.24) is 0 Å². The second-order valence-corrected chi connectivity index (χ2v) is 3.18. The molecule has 62 valence electrons. The molecule has 0 radical (unpaired) electrons. The molecular weight excluding hydrogens is 209 g/mol. The van der Waals surface area contributed by atoms with Gasteiger partial charge in [0, 0.05) is 5.56 Å². The number of rotatable bonds is 2. The Labute approximate surface area is 125 Å². The van der Waals surface area contributed by atoms with E-state index in [1.54, 1.807) is 30.3 Å². The Morgan fingerprint density at radius 3 is 2.08 bits per heavy atom. The van der Waals surface area contributed by atoms with Crippen molar-refractivity contribution < 1.29 is 76.5 Å². The molecule has 3 nitrogen and oxygen atoms in total. The van der Waals surface area contributed by atoms with E-state index in [0.29, 0.717) is 5.56 Å². The quantitative estimate of drug-likeness (QED) is 0.390. The van der Waals surface area contributed by atoms with E-state index in [1.807, 2.05) is 0 Å². The van der Waals surface area contributed by atoms with Gasteiger partial charge in [-0.05, 0) is 4.57 Å². The number of aliphatic hydroxyl groups excluding tert-OH is 1. The Kier molecular flexibility index (Phi) is 10.9. The molecule has 1 aromatic carbocycles. The summed E-state index contributed by atoms with van der Waals surface area (Å²) in [6.45, 7) is 0. The minimum atomic E-state index is -2.53. The molecule has 0 aliphatic rings. The monoisotopic (exact) mass is 219 g/mol. The Morgan fingerprint density at radius 2 is 1.69 bits per heavy atom. The molecule has 0 amide bonds. The van der Waals surface area contributed by atoms with Gasteiger partial charge in [0.05, 0.1) is 0 Å². The molecule has 6 heteroatoms. The van der Waals surface area contributed by atoms with Crippen molar-refractivity contribution in [2.45, 2.75) is 5.85 Å². The summed E-state index contributed by atoms with van der Waals surface area (Å²) in [5.74, 6) is -1.26. The van der Waals surface area contributed by atoms with Crippen LogP contribution in [0.2, 0.25) is 0 Å². The zero-order valence-electron chi connectivity index (χ0n) is 9.71. The molecule has 1 aromatic rings. The second kappa shape index (κ2) is 8.54. The van der Waals surface area contributed by atoms with Crippen molar-refractivity contribution in [2.24, 2.45) is 0 Å². The smallest absolute Gasteiger partial charge is 1.00 e. The van der Waals surface area contributed by atoms with Gasteiger partial charge in [-0.25, -0.2) is 0 Å². The van der Waals surface area contributed by atoms with Crippen LogP contribution in [0, 0.1) is 0 Å². The maximum atomic E-state index is 10.4. The first-order valence-corrected chi connectivity index (χ1v) is 4.38. The Morgan fingerprint density at radius 1 is 1.23 bits per heavy atom. The van der Waals surface area contributed by atoms with Crippen LogP contribution in [-0.2, 0) is 4.57 Å². The summed E-state index contributed by atoms with van der Waals surface area (Å²) in [4.78, 5) is 8.53. The summed E-state index contributed by atoms with van der Waals surface area (Å²) < 4.78 is 10.4. The zero-order valence-corrected chi connectivity index (χ0v) is 12.6. The van der Waals surface area contributed by atoms with Crippen molar-refractivity contribution in [1.29, 1.82) is 0 Å². The van der Waals surface area contributed by atoms with E-state index in [0.717, 1.165) is 0 Å². The van der Waals surface area contributed by atoms with E-state index in [9.17, 15) is 4.57 Å². The summed E-state index contributed by atoms with van der Waals surface area (Å²) in [5.41, 5.74) is 0.469. The summed E-state index contributed by atoms with van der Waals surface area (Å²) in [6, 6.07) is 8.40. The molecule has 0 heterocycles. The molecule has 0 aliphatic heterocycles. The fraction of sp³-hybridized carbons (Fsp3) is 0.143. The Balaban J connectivity index is -0.000000151. The van der Waals surface area contributed by atoms with E-state index < -0.39 is 13.9 Å². The average Bonchev–Trinajstić information content (AvgIpc) is 2.05. The molecule has 0 aliphatic carbocycles. The maximum absolute atomic E-state index is 10.4. The standard InChI is InChI=1S/C7H7O3P.2Na.2H/c8-7(11(9)10)6-4-2-1-3-5-6;;;;/h1-5,7-8H;;;;/q;2*+1;2*-1/p+1. The van der Waals surface area contributed by atoms with E-state index in [2.05, 4.69) is 0 Å². The first-order valence-electron chi connectivity index (χ1n) is 3.10. The molecule has 0 saturated heterocycles. The van der Waals surface area contributed by atoms with Gasteiger partial charge in [0.25, 0.3) is 0 Å². The van der Waals surface area contributed by atoms with Gasteiger partial charge >= 0.3 is 73.0 Å². The van der Waals surface area contributed by atoms with E-state index in [4.69, 9.17) is 10.00 Å². The van der Waals surface area contributed by atoms with Crippen LogP contribution in [-0.4, -0.2) is 10.00 Å². The van der Waals surface area contributed by atoms with Gasteiger partial charge in [-0.2, -0.15) is 4.89 Å². The van der Waals surface area contributed by atoms with Crippen molar-refractivity contribution in [3.8, 4) is 0 Å². The predicted molar refractivity (Wildman–Crippen MR) is 43.5 cm³/mol. The van der Waals surface area contributed by atoms with Crippen LogP contribution in [0.5, 0.6) is 0 Å². The van der Waals surface area contributed by atoms with Gasteiger partial charge in [-0.3, -0.25) is 0 Å². The summed E-state index contributed by atoms with van der Waals surface area (Å²) >= 11 is 0. The predicted octanol–water partition coefficient (Wildman–Crippen LogP) is -4.35. The molecule has 2 unspecified atom stereocenters. The first-order chi connectivity index (χ1) is 5.22. The van der Waals surface area contributed by atoms with E-state index in [-0.39, 0.29) is 62.0 Å². The van der Waals surface area contributed by atoms with Crippen LogP contribution in [0.4, 0.5) is 0 Å². The van der Waals surface area contributed by atoms with Crippen molar-refractivity contribution in [3.63, 3.8) is 0 Å². The Bertz CT molecular complexity index is 264. The largest absolute Gasteiger partial charge is 1.00 e. The number of aliphatic hydroxyl groups is 1. The third-order valence-corrected chi connectivity index (χ3v) is 2.02. The maximum Gasteiger partial charge on any atom is 1.00 e. The zero-order chi connectivity index (χ0) is 8.27. The molecule has 0 saturated carbocycles. The van der Waals surface area contributed by atoms with Gasteiger partial charge in [-0.1, -0.05) is 30.3 Å². The summed E-state index contributed by atoms with van der Waals surface area (Å²) in [7, 11) is -2.53. The average molecular weight is 219 g/mol. The minimum Gasteiger partial charge on any atom is -1.00 e. The van der Waals surface area contributed by atoms with Gasteiger partial charge in [0.2, 0.25) is 0 Å². The molecule has 0 bridgehead atoms. The third-order valence-electron chi connectivity index (χ3n) is 1.31. The van der Waals surface area contributed by atoms with Crippen LogP contribution in [0.3, 0.4) is 0 Å². The van der Waals surface area contributed by atoms with Crippen LogP contribution < -0.4 is 59.1 Å². The van der Waals surface area contributed by atoms with Crippen LogP contribution >= 0.6 is 8.03 Å². The van der Waals surface area contributed by atoms with E-state index in [1.165, 1.54) is 0 Å². The minimum absolute atomic E-state index is 0. The number of hydrogen-bond donors (Lipinski definition) is 2. The Hall–Kier alpha value is 1.24. The molecule has 0 spiro atoms. The molecular formula is C7H10Na2O3P+. The fourth-order valence-corrected chi connectivity index (χ4v) is 1.18. The van der Waals surface area contributed by atoms with Gasteiger partial charge < -0.3 is 7.96 Å². The third kappa shape index (κ3) is 5.63. The summed E-state index contributed by atoms with van der Waals surface area (Å²) in [5, 5.41) is 9.06. The number of hydrogen-bond acceptors (Lipinski definition) is 2. The normalized spacial score (nSPS) is 12.0. The molecule has 1 rings (SSSR count). The second-order valence-electron chi connectivity index (χ2n) is 2.09. The van der Waals surface area contributed by atoms with Crippen molar-refractivity contribution in [3.05, 3.63) is 35.9 Å². The fourth-order valence-electron chi connectivity index (χ4n) is 0.753. The first kappa shape index (κ1) is 16.7. The van der Waals surface area contributed by atoms with E-state index >= 15 is 0 Å². The van der Waals surface area contributed by atoms with Crippen molar-refractivity contribution in [2.75, 3.05) is 0 Å². The van der Waals surface area contributed by atoms with Crippen molar-refractivity contribution >= 4 is 8.03 Å². The molecule has 2 N–H and O–H groups in total. The van der Waals surface area contributed by atoms with Gasteiger partial charge in [-0.15, -0.1) is 0 Å². The molecule has 2 atom stereocenters. The SMILES string of the molecule is O=[P+](O)C(O)c1ccccc1.[H-].[H-].[Na+].[Na+]. The molecule has 0 fully saturated rings.